The monoisotopic (exact) mass is 163 g/mol. The van der Waals surface area contributed by atoms with Crippen LogP contribution in [0.2, 0.25) is 0 Å². The summed E-state index contributed by atoms with van der Waals surface area (Å²) in [6.45, 7) is 1.60. The van der Waals surface area contributed by atoms with Crippen LogP contribution in [0.3, 0.4) is 0 Å². The Labute approximate surface area is 64.6 Å². The third-order valence-electron chi connectivity index (χ3n) is 1.05. The molecule has 0 bridgehead atoms. The van der Waals surface area contributed by atoms with Gasteiger partial charge in [0.25, 0.3) is 0 Å². The topological polar surface area (TPSA) is 110 Å². The Balaban J connectivity index is 0. The first-order valence-corrected chi connectivity index (χ1v) is 2.96. The van der Waals surface area contributed by atoms with Gasteiger partial charge in [-0.25, -0.2) is 0 Å². The lowest BCUT2D eigenvalue weighted by atomic mass is 10.1. The maximum atomic E-state index is 10.00. The second kappa shape index (κ2) is 5.67. The van der Waals surface area contributed by atoms with E-state index in [0.29, 0.717) is 0 Å². The number of carboxylic acid groups (broad SMARTS) is 2. The van der Waals surface area contributed by atoms with Crippen molar-refractivity contribution in [3.8, 4) is 0 Å². The molecule has 5 N–H and O–H groups in total. The number of hydrogen-bond donors (Lipinski definition) is 3. The van der Waals surface area contributed by atoms with E-state index in [0.717, 1.165) is 0 Å². The Bertz CT molecular complexity index is 130. The van der Waals surface area contributed by atoms with E-state index >= 15 is 0 Å². The highest BCUT2D eigenvalue weighted by atomic mass is 16.4. The molecule has 0 saturated heterocycles. The Hall–Kier alpha value is -1.10. The van der Waals surface area contributed by atoms with Gasteiger partial charge in [-0.2, -0.15) is 0 Å². The van der Waals surface area contributed by atoms with E-state index in [1.54, 1.807) is 6.92 Å². The lowest BCUT2D eigenvalue weighted by molar-refractivity contribution is -0.140. The van der Waals surface area contributed by atoms with E-state index in [-0.39, 0.29) is 24.9 Å². The van der Waals surface area contributed by atoms with Gasteiger partial charge in [0.05, 0.1) is 0 Å². The maximum absolute atomic E-state index is 10.00. The van der Waals surface area contributed by atoms with Gasteiger partial charge in [-0.15, -0.1) is 0 Å². The van der Waals surface area contributed by atoms with Crippen molar-refractivity contribution in [3.05, 3.63) is 0 Å². The van der Waals surface area contributed by atoms with Gasteiger partial charge >= 0.3 is 11.9 Å². The van der Waals surface area contributed by atoms with Crippen LogP contribution in [0, 0.1) is 5.92 Å². The van der Waals surface area contributed by atoms with Crippen molar-refractivity contribution < 1.29 is 19.8 Å². The maximum Gasteiger partial charge on any atom is 0.303 e. The van der Waals surface area contributed by atoms with Crippen molar-refractivity contribution in [3.63, 3.8) is 0 Å². The molecular formula is C6H13NO4. The summed E-state index contributed by atoms with van der Waals surface area (Å²) in [5.41, 5.74) is 0. The summed E-state index contributed by atoms with van der Waals surface area (Å²) in [7, 11) is 0. The Morgan fingerprint density at radius 3 is 1.64 bits per heavy atom. The lowest BCUT2D eigenvalue weighted by Crippen LogP contribution is -2.08. The average molecular weight is 163 g/mol. The quantitative estimate of drug-likeness (QED) is 0.566. The van der Waals surface area contributed by atoms with Crippen molar-refractivity contribution in [1.29, 1.82) is 0 Å². The Kier molecular flexibility index (Phi) is 6.47. The molecule has 0 amide bonds. The summed E-state index contributed by atoms with van der Waals surface area (Å²) in [5, 5.41) is 16.4. The molecule has 0 spiro atoms. The van der Waals surface area contributed by atoms with Gasteiger partial charge in [0, 0.05) is 12.8 Å². The summed E-state index contributed by atoms with van der Waals surface area (Å²) in [4.78, 5) is 20.0. The van der Waals surface area contributed by atoms with E-state index in [2.05, 4.69) is 0 Å². The number of hydrogen-bond acceptors (Lipinski definition) is 3. The molecule has 0 aromatic rings. The van der Waals surface area contributed by atoms with Crippen LogP contribution in [0.15, 0.2) is 0 Å². The first-order valence-electron chi connectivity index (χ1n) is 2.96. The molecule has 0 aliphatic carbocycles. The van der Waals surface area contributed by atoms with Gasteiger partial charge in [-0.3, -0.25) is 9.59 Å². The zero-order valence-corrected chi connectivity index (χ0v) is 6.41. The molecule has 0 aliphatic heterocycles. The molecule has 0 atom stereocenters. The molecule has 0 aromatic carbocycles. The predicted molar refractivity (Wildman–Crippen MR) is 38.7 cm³/mol. The molecule has 0 heterocycles. The van der Waals surface area contributed by atoms with Crippen LogP contribution in [0.5, 0.6) is 0 Å². The number of carbonyl (C=O) groups is 2. The lowest BCUT2D eigenvalue weighted by Gasteiger charge is -2.02. The molecule has 5 heteroatoms. The number of rotatable bonds is 4. The van der Waals surface area contributed by atoms with Crippen molar-refractivity contribution in [2.75, 3.05) is 0 Å². The minimum absolute atomic E-state index is 0. The minimum atomic E-state index is -0.950. The van der Waals surface area contributed by atoms with Crippen LogP contribution in [0.4, 0.5) is 0 Å². The van der Waals surface area contributed by atoms with Crippen LogP contribution in [0.1, 0.15) is 19.8 Å². The van der Waals surface area contributed by atoms with Crippen molar-refractivity contribution in [2.24, 2.45) is 5.92 Å². The fourth-order valence-electron chi connectivity index (χ4n) is 0.668. The molecule has 66 valence electrons. The Morgan fingerprint density at radius 2 is 1.45 bits per heavy atom. The molecule has 0 unspecified atom stereocenters. The van der Waals surface area contributed by atoms with Crippen LogP contribution in [-0.4, -0.2) is 22.2 Å². The summed E-state index contributed by atoms with van der Waals surface area (Å²) in [5.74, 6) is -2.18. The predicted octanol–water partition coefficient (Wildman–Crippen LogP) is 0.734. The third kappa shape index (κ3) is 8.90. The van der Waals surface area contributed by atoms with Crippen LogP contribution in [-0.2, 0) is 9.59 Å². The van der Waals surface area contributed by atoms with E-state index in [4.69, 9.17) is 10.2 Å². The molecule has 5 nitrogen and oxygen atoms in total. The fraction of sp³-hybridized carbons (Fsp3) is 0.667. The third-order valence-corrected chi connectivity index (χ3v) is 1.05. The highest BCUT2D eigenvalue weighted by Crippen LogP contribution is 2.06. The SMILES string of the molecule is CC(CC(=O)O)CC(=O)O.N. The van der Waals surface area contributed by atoms with Crippen LogP contribution in [0.25, 0.3) is 0 Å². The van der Waals surface area contributed by atoms with Gasteiger partial charge in [0.1, 0.15) is 0 Å². The highest BCUT2D eigenvalue weighted by Gasteiger charge is 2.10. The molecule has 11 heavy (non-hydrogen) atoms. The summed E-state index contributed by atoms with van der Waals surface area (Å²) in [6, 6.07) is 0. The summed E-state index contributed by atoms with van der Waals surface area (Å²) >= 11 is 0. The van der Waals surface area contributed by atoms with Crippen LogP contribution >= 0.6 is 0 Å². The standard InChI is InChI=1S/C6H10O4.H3N/c1-4(2-5(7)8)3-6(9)10;/h4H,2-3H2,1H3,(H,7,8)(H,9,10);1H3. The second-order valence-electron chi connectivity index (χ2n) is 2.30. The van der Waals surface area contributed by atoms with Crippen molar-refractivity contribution >= 4 is 11.9 Å². The largest absolute Gasteiger partial charge is 0.481 e. The molecule has 0 fully saturated rings. The molecular weight excluding hydrogens is 150 g/mol. The van der Waals surface area contributed by atoms with Gasteiger partial charge < -0.3 is 16.4 Å². The number of aliphatic carboxylic acids is 2. The van der Waals surface area contributed by atoms with Crippen molar-refractivity contribution in [2.45, 2.75) is 19.8 Å². The van der Waals surface area contributed by atoms with Gasteiger partial charge in [0.15, 0.2) is 0 Å². The second-order valence-corrected chi connectivity index (χ2v) is 2.30. The van der Waals surface area contributed by atoms with E-state index in [9.17, 15) is 9.59 Å². The number of carboxylic acids is 2. The minimum Gasteiger partial charge on any atom is -0.481 e. The zero-order chi connectivity index (χ0) is 8.15. The molecule has 0 rings (SSSR count). The van der Waals surface area contributed by atoms with Crippen molar-refractivity contribution in [1.82, 2.24) is 6.15 Å². The molecule has 0 aliphatic rings. The summed E-state index contributed by atoms with van der Waals surface area (Å²) in [6.07, 6.45) is -0.154. The van der Waals surface area contributed by atoms with E-state index in [1.807, 2.05) is 0 Å². The first-order chi connectivity index (χ1) is 4.52. The highest BCUT2D eigenvalue weighted by molar-refractivity contribution is 5.70. The van der Waals surface area contributed by atoms with Gasteiger partial charge in [-0.05, 0) is 5.92 Å². The smallest absolute Gasteiger partial charge is 0.303 e. The summed E-state index contributed by atoms with van der Waals surface area (Å²) < 4.78 is 0. The molecule has 0 aromatic heterocycles. The Morgan fingerprint density at radius 1 is 1.18 bits per heavy atom. The zero-order valence-electron chi connectivity index (χ0n) is 6.41. The molecule has 0 saturated carbocycles. The normalized spacial score (nSPS) is 8.91. The van der Waals surface area contributed by atoms with E-state index < -0.39 is 11.9 Å². The van der Waals surface area contributed by atoms with Crippen LogP contribution < -0.4 is 6.15 Å². The average Bonchev–Trinajstić information content (AvgIpc) is 1.58. The van der Waals surface area contributed by atoms with Gasteiger partial charge in [0.2, 0.25) is 0 Å². The van der Waals surface area contributed by atoms with Gasteiger partial charge in [-0.1, -0.05) is 6.92 Å². The van der Waals surface area contributed by atoms with E-state index in [1.165, 1.54) is 0 Å². The first kappa shape index (κ1) is 12.6. The fourth-order valence-corrected chi connectivity index (χ4v) is 0.668. The molecule has 0 radical (unpaired) electrons.